The van der Waals surface area contributed by atoms with Crippen molar-refractivity contribution in [2.24, 2.45) is 5.73 Å². The minimum absolute atomic E-state index is 0.0344. The quantitative estimate of drug-likeness (QED) is 0.889. The molecule has 116 valence electrons. The Morgan fingerprint density at radius 1 is 1.33 bits per heavy atom. The summed E-state index contributed by atoms with van der Waals surface area (Å²) in [7, 11) is 0. The molecule has 1 heterocycles. The van der Waals surface area contributed by atoms with Crippen LogP contribution in [0.2, 0.25) is 0 Å². The highest BCUT2D eigenvalue weighted by atomic mass is 19.4. The second-order valence-corrected chi connectivity index (χ2v) is 5.17. The average molecular weight is 302 g/mol. The highest BCUT2D eigenvalue weighted by Crippen LogP contribution is 2.34. The molecule has 1 amide bonds. The number of alkyl halides is 3. The number of pyridine rings is 1. The van der Waals surface area contributed by atoms with Gasteiger partial charge in [0.05, 0.1) is 12.1 Å². The summed E-state index contributed by atoms with van der Waals surface area (Å²) in [6.07, 6.45) is -0.987. The van der Waals surface area contributed by atoms with Crippen LogP contribution < -0.4 is 16.4 Å². The number of primary amides is 1. The van der Waals surface area contributed by atoms with E-state index in [-0.39, 0.29) is 24.2 Å². The van der Waals surface area contributed by atoms with Crippen LogP contribution in [0.25, 0.3) is 0 Å². The summed E-state index contributed by atoms with van der Waals surface area (Å²) in [6, 6.07) is 1.66. The maximum absolute atomic E-state index is 12.9. The number of carbonyl (C=O) groups excluding carboxylic acids is 1. The van der Waals surface area contributed by atoms with Gasteiger partial charge in [-0.05, 0) is 25.0 Å². The van der Waals surface area contributed by atoms with Crippen molar-refractivity contribution in [2.45, 2.75) is 37.9 Å². The Bertz CT molecular complexity index is 527. The summed E-state index contributed by atoms with van der Waals surface area (Å²) in [6.45, 7) is -0.168. The summed E-state index contributed by atoms with van der Waals surface area (Å²) in [5.74, 6) is -0.792. The molecule has 1 aliphatic carbocycles. The lowest BCUT2D eigenvalue weighted by molar-refractivity contribution is -0.137. The molecular formula is C13H17F3N4O. The van der Waals surface area contributed by atoms with E-state index in [1.54, 1.807) is 0 Å². The fraction of sp³-hybridized carbons (Fsp3) is 0.538. The minimum Gasteiger partial charge on any atom is -0.384 e. The highest BCUT2D eigenvalue weighted by molar-refractivity contribution is 5.79. The number of anilines is 2. The lowest BCUT2D eigenvalue weighted by atomic mass is 10.1. The van der Waals surface area contributed by atoms with Crippen LogP contribution in [0.5, 0.6) is 0 Å². The van der Waals surface area contributed by atoms with Crippen LogP contribution in [0.15, 0.2) is 12.1 Å². The van der Waals surface area contributed by atoms with Gasteiger partial charge in [0.1, 0.15) is 11.6 Å². The van der Waals surface area contributed by atoms with E-state index in [0.717, 1.165) is 37.8 Å². The zero-order valence-corrected chi connectivity index (χ0v) is 11.4. The van der Waals surface area contributed by atoms with Crippen molar-refractivity contribution in [1.29, 1.82) is 0 Å². The molecule has 0 unspecified atom stereocenters. The highest BCUT2D eigenvalue weighted by Gasteiger charge is 2.33. The van der Waals surface area contributed by atoms with Gasteiger partial charge in [0.2, 0.25) is 5.91 Å². The molecule has 2 rings (SSSR count). The first-order valence-corrected chi connectivity index (χ1v) is 6.67. The largest absolute Gasteiger partial charge is 0.416 e. The number of rotatable bonds is 4. The van der Waals surface area contributed by atoms with E-state index in [9.17, 15) is 18.0 Å². The molecule has 1 aliphatic rings. The second-order valence-electron chi connectivity index (χ2n) is 5.17. The molecule has 0 saturated heterocycles. The van der Waals surface area contributed by atoms with Crippen LogP contribution in [-0.2, 0) is 11.0 Å². The number of aromatic nitrogens is 1. The van der Waals surface area contributed by atoms with Crippen LogP contribution >= 0.6 is 0 Å². The number of amides is 1. The standard InChI is InChI=1S/C13H17F3N4O/c14-13(15,16)8-5-10(17)19-12(6-8)20(7-11(18)21)9-3-1-2-4-9/h5-6,9H,1-4,7H2,(H2,17,19)(H2,18,21). The number of hydrogen-bond donors (Lipinski definition) is 2. The van der Waals surface area contributed by atoms with E-state index in [0.29, 0.717) is 0 Å². The molecule has 8 heteroatoms. The van der Waals surface area contributed by atoms with Gasteiger partial charge >= 0.3 is 6.18 Å². The van der Waals surface area contributed by atoms with Gasteiger partial charge < -0.3 is 16.4 Å². The molecule has 1 aromatic heterocycles. The molecule has 0 spiro atoms. The molecule has 0 bridgehead atoms. The zero-order chi connectivity index (χ0) is 15.6. The number of carbonyl (C=O) groups is 1. The summed E-state index contributed by atoms with van der Waals surface area (Å²) >= 11 is 0. The number of nitrogens with zero attached hydrogens (tertiary/aromatic N) is 2. The summed E-state index contributed by atoms with van der Waals surface area (Å²) < 4.78 is 38.6. The summed E-state index contributed by atoms with van der Waals surface area (Å²) in [5.41, 5.74) is 9.79. The topological polar surface area (TPSA) is 85.2 Å². The molecule has 1 aromatic rings. The van der Waals surface area contributed by atoms with Crippen LogP contribution in [-0.4, -0.2) is 23.5 Å². The maximum Gasteiger partial charge on any atom is 0.416 e. The van der Waals surface area contributed by atoms with Crippen molar-refractivity contribution >= 4 is 17.5 Å². The Morgan fingerprint density at radius 3 is 2.48 bits per heavy atom. The lowest BCUT2D eigenvalue weighted by Crippen LogP contribution is -2.41. The fourth-order valence-electron chi connectivity index (χ4n) is 2.63. The van der Waals surface area contributed by atoms with Crippen molar-refractivity contribution in [2.75, 3.05) is 17.2 Å². The molecule has 0 atom stereocenters. The molecule has 0 radical (unpaired) electrons. The molecule has 1 fully saturated rings. The van der Waals surface area contributed by atoms with E-state index in [4.69, 9.17) is 11.5 Å². The third kappa shape index (κ3) is 3.77. The van der Waals surface area contributed by atoms with E-state index in [1.807, 2.05) is 0 Å². The Morgan fingerprint density at radius 2 is 1.95 bits per heavy atom. The van der Waals surface area contributed by atoms with E-state index in [1.165, 1.54) is 4.90 Å². The van der Waals surface area contributed by atoms with Gasteiger partial charge in [0, 0.05) is 6.04 Å². The lowest BCUT2D eigenvalue weighted by Gasteiger charge is -2.29. The predicted molar refractivity (Wildman–Crippen MR) is 72.4 cm³/mol. The van der Waals surface area contributed by atoms with Crippen LogP contribution in [0.3, 0.4) is 0 Å². The van der Waals surface area contributed by atoms with Crippen molar-refractivity contribution < 1.29 is 18.0 Å². The minimum atomic E-state index is -4.51. The van der Waals surface area contributed by atoms with Gasteiger partial charge in [0.15, 0.2) is 0 Å². The van der Waals surface area contributed by atoms with Crippen molar-refractivity contribution in [1.82, 2.24) is 4.98 Å². The van der Waals surface area contributed by atoms with Crippen molar-refractivity contribution in [3.63, 3.8) is 0 Å². The van der Waals surface area contributed by atoms with Crippen molar-refractivity contribution in [3.8, 4) is 0 Å². The van der Waals surface area contributed by atoms with Crippen LogP contribution in [0.4, 0.5) is 24.8 Å². The molecule has 21 heavy (non-hydrogen) atoms. The molecule has 1 saturated carbocycles. The van der Waals surface area contributed by atoms with Gasteiger partial charge in [-0.15, -0.1) is 0 Å². The smallest absolute Gasteiger partial charge is 0.384 e. The molecule has 0 aromatic carbocycles. The number of hydrogen-bond acceptors (Lipinski definition) is 4. The molecule has 0 aliphatic heterocycles. The van der Waals surface area contributed by atoms with E-state index >= 15 is 0 Å². The Labute approximate surface area is 120 Å². The Balaban J connectivity index is 2.38. The van der Waals surface area contributed by atoms with Crippen LogP contribution in [0, 0.1) is 0 Å². The third-order valence-corrected chi connectivity index (χ3v) is 3.54. The summed E-state index contributed by atoms with van der Waals surface area (Å²) in [5, 5.41) is 0. The first kappa shape index (κ1) is 15.4. The Hall–Kier alpha value is -1.99. The molecular weight excluding hydrogens is 285 g/mol. The first-order chi connectivity index (χ1) is 9.77. The predicted octanol–water partition coefficient (Wildman–Crippen LogP) is 1.92. The van der Waals surface area contributed by atoms with E-state index < -0.39 is 17.6 Å². The maximum atomic E-state index is 12.9. The second kappa shape index (κ2) is 5.79. The summed E-state index contributed by atoms with van der Waals surface area (Å²) in [4.78, 5) is 16.7. The normalized spacial score (nSPS) is 16.1. The van der Waals surface area contributed by atoms with Gasteiger partial charge in [-0.1, -0.05) is 12.8 Å². The van der Waals surface area contributed by atoms with Gasteiger partial charge in [-0.3, -0.25) is 4.79 Å². The first-order valence-electron chi connectivity index (χ1n) is 6.67. The number of halogens is 3. The third-order valence-electron chi connectivity index (χ3n) is 3.54. The Kier molecular flexibility index (Phi) is 4.24. The van der Waals surface area contributed by atoms with Gasteiger partial charge in [0.25, 0.3) is 0 Å². The number of nitrogen functional groups attached to an aromatic ring is 1. The molecule has 4 N–H and O–H groups in total. The van der Waals surface area contributed by atoms with Gasteiger partial charge in [-0.2, -0.15) is 13.2 Å². The SMILES string of the molecule is NC(=O)CN(c1cc(C(F)(F)F)cc(N)n1)C1CCCC1. The zero-order valence-electron chi connectivity index (χ0n) is 11.4. The average Bonchev–Trinajstić information content (AvgIpc) is 2.87. The number of nitrogens with two attached hydrogens (primary N) is 2. The van der Waals surface area contributed by atoms with Crippen molar-refractivity contribution in [3.05, 3.63) is 17.7 Å². The monoisotopic (exact) mass is 302 g/mol. The molecule has 5 nitrogen and oxygen atoms in total. The fourth-order valence-corrected chi connectivity index (χ4v) is 2.63. The van der Waals surface area contributed by atoms with Crippen LogP contribution in [0.1, 0.15) is 31.2 Å². The van der Waals surface area contributed by atoms with E-state index in [2.05, 4.69) is 4.98 Å². The van der Waals surface area contributed by atoms with Gasteiger partial charge in [-0.25, -0.2) is 4.98 Å².